The Labute approximate surface area is 178 Å². The maximum Gasteiger partial charge on any atom is 0.417 e. The number of alkyl halides is 3. The Morgan fingerprint density at radius 2 is 1.87 bits per heavy atom. The van der Waals surface area contributed by atoms with E-state index < -0.39 is 37.6 Å². The zero-order valence-corrected chi connectivity index (χ0v) is 17.8. The average Bonchev–Trinajstić information content (AvgIpc) is 2.72. The number of nitrogens with zero attached hydrogens (tertiary/aromatic N) is 1. The lowest BCUT2D eigenvalue weighted by Crippen LogP contribution is -2.40. The lowest BCUT2D eigenvalue weighted by molar-refractivity contribution is -0.151. The van der Waals surface area contributed by atoms with Crippen LogP contribution in [0.3, 0.4) is 0 Å². The van der Waals surface area contributed by atoms with E-state index in [1.165, 1.54) is 0 Å². The molecule has 0 radical (unpaired) electrons. The number of rotatable bonds is 5. The van der Waals surface area contributed by atoms with E-state index in [1.807, 2.05) is 0 Å². The summed E-state index contributed by atoms with van der Waals surface area (Å²) in [5.74, 6) is -0.439. The lowest BCUT2D eigenvalue weighted by Gasteiger charge is -2.30. The molecule has 5 nitrogen and oxygen atoms in total. The van der Waals surface area contributed by atoms with Crippen molar-refractivity contribution in [3.8, 4) is 0 Å². The first-order valence-electron chi connectivity index (χ1n) is 9.77. The monoisotopic (exact) mass is 465 g/mol. The zero-order chi connectivity index (χ0) is 21.9. The molecule has 166 valence electrons. The van der Waals surface area contributed by atoms with Gasteiger partial charge < -0.3 is 4.74 Å². The van der Waals surface area contributed by atoms with Crippen molar-refractivity contribution in [3.05, 3.63) is 40.9 Å². The van der Waals surface area contributed by atoms with E-state index in [2.05, 4.69) is 12.2 Å². The number of carbonyl (C=O) groups is 1. The van der Waals surface area contributed by atoms with Crippen LogP contribution in [-0.2, 0) is 25.7 Å². The summed E-state index contributed by atoms with van der Waals surface area (Å²) >= 11 is 5.57. The van der Waals surface area contributed by atoms with Crippen molar-refractivity contribution in [2.45, 2.75) is 43.2 Å². The molecule has 2 aliphatic rings. The van der Waals surface area contributed by atoms with Gasteiger partial charge in [-0.2, -0.15) is 17.5 Å². The molecule has 0 aromatic heterocycles. The smallest absolute Gasteiger partial charge is 0.417 e. The zero-order valence-electron chi connectivity index (χ0n) is 16.2. The van der Waals surface area contributed by atoms with Gasteiger partial charge in [0.25, 0.3) is 0 Å². The lowest BCUT2D eigenvalue weighted by atomic mass is 9.95. The number of benzene rings is 1. The van der Waals surface area contributed by atoms with Crippen LogP contribution in [0.2, 0.25) is 5.02 Å². The Hall–Kier alpha value is -1.58. The number of sulfonamides is 1. The van der Waals surface area contributed by atoms with Crippen LogP contribution in [0.1, 0.15) is 37.7 Å². The van der Waals surface area contributed by atoms with Crippen LogP contribution in [-0.4, -0.2) is 38.4 Å². The van der Waals surface area contributed by atoms with Gasteiger partial charge in [0.2, 0.25) is 10.0 Å². The predicted octanol–water partition coefficient (Wildman–Crippen LogP) is 4.66. The minimum Gasteiger partial charge on any atom is -0.465 e. The van der Waals surface area contributed by atoms with Crippen LogP contribution in [0.25, 0.3) is 0 Å². The number of allylic oxidation sites excluding steroid dienone is 2. The summed E-state index contributed by atoms with van der Waals surface area (Å²) in [6, 6.07) is 2.55. The van der Waals surface area contributed by atoms with Crippen LogP contribution in [0.15, 0.2) is 35.2 Å². The normalized spacial score (nSPS) is 21.5. The summed E-state index contributed by atoms with van der Waals surface area (Å²) in [6.07, 6.45) is 2.78. The fourth-order valence-electron chi connectivity index (χ4n) is 3.69. The number of esters is 1. The summed E-state index contributed by atoms with van der Waals surface area (Å²) in [6.45, 7) is 0.434. The molecule has 0 N–H and O–H groups in total. The molecule has 30 heavy (non-hydrogen) atoms. The van der Waals surface area contributed by atoms with Gasteiger partial charge in [-0.15, -0.1) is 0 Å². The van der Waals surface area contributed by atoms with Gasteiger partial charge in [0.15, 0.2) is 0 Å². The van der Waals surface area contributed by atoms with Gasteiger partial charge in [0, 0.05) is 13.1 Å². The molecule has 1 saturated heterocycles. The molecular formula is C20H23ClF3NO4S. The number of hydrogen-bond acceptors (Lipinski definition) is 4. The third kappa shape index (κ3) is 5.36. The molecule has 0 spiro atoms. The predicted molar refractivity (Wildman–Crippen MR) is 105 cm³/mol. The van der Waals surface area contributed by atoms with Crippen LogP contribution < -0.4 is 0 Å². The van der Waals surface area contributed by atoms with Crippen molar-refractivity contribution >= 4 is 27.6 Å². The van der Waals surface area contributed by atoms with E-state index >= 15 is 0 Å². The van der Waals surface area contributed by atoms with Gasteiger partial charge in [-0.3, -0.25) is 4.79 Å². The number of ether oxygens (including phenoxy) is 1. The second kappa shape index (κ2) is 9.28. The maximum atomic E-state index is 13.1. The van der Waals surface area contributed by atoms with Crippen molar-refractivity contribution in [1.82, 2.24) is 4.31 Å². The quantitative estimate of drug-likeness (QED) is 0.468. The first kappa shape index (κ1) is 23.1. The Balaban J connectivity index is 1.60. The van der Waals surface area contributed by atoms with Crippen molar-refractivity contribution in [1.29, 1.82) is 0 Å². The van der Waals surface area contributed by atoms with Gasteiger partial charge in [-0.25, -0.2) is 8.42 Å². The minimum atomic E-state index is -4.76. The Morgan fingerprint density at radius 1 is 1.17 bits per heavy atom. The molecule has 0 bridgehead atoms. The summed E-state index contributed by atoms with van der Waals surface area (Å²) in [5.41, 5.74) is -1.19. The van der Waals surface area contributed by atoms with Crippen LogP contribution in [0.4, 0.5) is 13.2 Å². The Bertz CT molecular complexity index is 909. The molecule has 3 rings (SSSR count). The standard InChI is InChI=1S/C20H23ClF3NO4S/c21-18-7-6-16(12-17(18)20(22,23)24)30(27,28)25-10-8-15(9-11-25)19(26)29-13-14-4-2-1-3-5-14/h1-2,6-7,12,14-15H,3-5,8-11,13H2. The SMILES string of the molecule is O=C(OCC1CC=CCC1)C1CCN(S(=O)(=O)c2ccc(Cl)c(C(F)(F)F)c2)CC1. The molecule has 1 fully saturated rings. The molecule has 0 saturated carbocycles. The fraction of sp³-hybridized carbons (Fsp3) is 0.550. The first-order chi connectivity index (χ1) is 14.1. The highest BCUT2D eigenvalue weighted by molar-refractivity contribution is 7.89. The summed E-state index contributed by atoms with van der Waals surface area (Å²) in [5, 5.41) is -0.559. The van der Waals surface area contributed by atoms with Crippen molar-refractivity contribution in [2.24, 2.45) is 11.8 Å². The van der Waals surface area contributed by atoms with E-state index in [0.29, 0.717) is 18.6 Å². The molecular weight excluding hydrogens is 443 g/mol. The average molecular weight is 466 g/mol. The summed E-state index contributed by atoms with van der Waals surface area (Å²) in [4.78, 5) is 11.8. The highest BCUT2D eigenvalue weighted by Crippen LogP contribution is 2.37. The maximum absolute atomic E-state index is 13.1. The molecule has 1 aliphatic heterocycles. The Kier molecular flexibility index (Phi) is 7.14. The van der Waals surface area contributed by atoms with Crippen LogP contribution >= 0.6 is 11.6 Å². The Morgan fingerprint density at radius 3 is 2.47 bits per heavy atom. The third-order valence-corrected chi connectivity index (χ3v) is 7.73. The molecule has 1 unspecified atom stereocenters. The molecule has 1 aromatic rings. The van der Waals surface area contributed by atoms with Gasteiger partial charge in [0.1, 0.15) is 0 Å². The molecule has 0 amide bonds. The fourth-order valence-corrected chi connectivity index (χ4v) is 5.41. The largest absolute Gasteiger partial charge is 0.465 e. The first-order valence-corrected chi connectivity index (χ1v) is 11.6. The highest BCUT2D eigenvalue weighted by Gasteiger charge is 2.37. The van der Waals surface area contributed by atoms with E-state index in [-0.39, 0.29) is 31.9 Å². The second-order valence-electron chi connectivity index (χ2n) is 7.60. The molecule has 10 heteroatoms. The summed E-state index contributed by atoms with van der Waals surface area (Å²) in [7, 11) is -4.13. The van der Waals surface area contributed by atoms with Gasteiger partial charge in [-0.05, 0) is 56.2 Å². The van der Waals surface area contributed by atoms with E-state index in [1.54, 1.807) is 0 Å². The number of carbonyl (C=O) groups excluding carboxylic acids is 1. The van der Waals surface area contributed by atoms with Crippen LogP contribution in [0.5, 0.6) is 0 Å². The van der Waals surface area contributed by atoms with Crippen molar-refractivity contribution in [3.63, 3.8) is 0 Å². The molecule has 1 heterocycles. The molecule has 1 aromatic carbocycles. The summed E-state index contributed by atoms with van der Waals surface area (Å²) < 4.78 is 71.2. The van der Waals surface area contributed by atoms with Gasteiger partial charge in [-0.1, -0.05) is 23.8 Å². The van der Waals surface area contributed by atoms with Gasteiger partial charge >= 0.3 is 12.1 Å². The molecule has 1 atom stereocenters. The van der Waals surface area contributed by atoms with E-state index in [9.17, 15) is 26.4 Å². The number of hydrogen-bond donors (Lipinski definition) is 0. The number of halogens is 4. The van der Waals surface area contributed by atoms with Crippen LogP contribution in [0, 0.1) is 11.8 Å². The van der Waals surface area contributed by atoms with Crippen molar-refractivity contribution in [2.75, 3.05) is 19.7 Å². The highest BCUT2D eigenvalue weighted by atomic mass is 35.5. The second-order valence-corrected chi connectivity index (χ2v) is 9.94. The van der Waals surface area contributed by atoms with E-state index in [0.717, 1.165) is 35.7 Å². The van der Waals surface area contributed by atoms with Crippen molar-refractivity contribution < 1.29 is 31.1 Å². The van der Waals surface area contributed by atoms with Gasteiger partial charge in [0.05, 0.1) is 28.0 Å². The third-order valence-electron chi connectivity index (χ3n) is 5.51. The topological polar surface area (TPSA) is 63.7 Å². The van der Waals surface area contributed by atoms with E-state index in [4.69, 9.17) is 16.3 Å². The number of piperidine rings is 1. The minimum absolute atomic E-state index is 0.0399. The molecule has 1 aliphatic carbocycles.